The molecule has 0 aliphatic heterocycles. The van der Waals surface area contributed by atoms with E-state index >= 15 is 0 Å². The van der Waals surface area contributed by atoms with E-state index in [4.69, 9.17) is 0 Å². The van der Waals surface area contributed by atoms with Gasteiger partial charge in [0, 0.05) is 17.3 Å². The van der Waals surface area contributed by atoms with Crippen molar-refractivity contribution < 1.29 is 14.7 Å². The second-order valence-corrected chi connectivity index (χ2v) is 5.87. The lowest BCUT2D eigenvalue weighted by molar-refractivity contribution is -0.140. The minimum atomic E-state index is -1.02. The third-order valence-electron chi connectivity index (χ3n) is 4.28. The van der Waals surface area contributed by atoms with Crippen molar-refractivity contribution in [2.75, 3.05) is 0 Å². The van der Waals surface area contributed by atoms with Crippen molar-refractivity contribution in [1.82, 2.24) is 10.3 Å². The highest BCUT2D eigenvalue weighted by Gasteiger charge is 2.26. The van der Waals surface area contributed by atoms with Crippen LogP contribution in [0.15, 0.2) is 42.6 Å². The molecule has 1 heterocycles. The van der Waals surface area contributed by atoms with Gasteiger partial charge in [-0.25, -0.2) is 4.79 Å². The Morgan fingerprint density at radius 2 is 1.96 bits per heavy atom. The fraction of sp³-hybridized carbons (Fsp3) is 0.316. The molecular weight excluding hydrogens is 304 g/mol. The Bertz CT molecular complexity index is 729. The predicted molar refractivity (Wildman–Crippen MR) is 92.8 cm³/mol. The molecule has 2 unspecified atom stereocenters. The Labute approximate surface area is 141 Å². The Balaban J connectivity index is 2.32. The van der Waals surface area contributed by atoms with Crippen LogP contribution in [-0.2, 0) is 4.79 Å². The number of nitrogens with zero attached hydrogens (tertiary/aromatic N) is 1. The van der Waals surface area contributed by atoms with Gasteiger partial charge in [0.2, 0.25) is 0 Å². The van der Waals surface area contributed by atoms with Crippen LogP contribution < -0.4 is 5.32 Å². The lowest BCUT2D eigenvalue weighted by Crippen LogP contribution is -2.45. The van der Waals surface area contributed by atoms with Crippen LogP contribution in [0.2, 0.25) is 0 Å². The quantitative estimate of drug-likeness (QED) is 0.854. The molecule has 0 bridgehead atoms. The number of rotatable bonds is 6. The lowest BCUT2D eigenvalue weighted by atomic mass is 9.96. The summed E-state index contributed by atoms with van der Waals surface area (Å²) in [4.78, 5) is 28.3. The molecule has 1 aromatic heterocycles. The molecular formula is C19H22N2O3. The summed E-state index contributed by atoms with van der Waals surface area (Å²) in [5.41, 5.74) is 2.88. The van der Waals surface area contributed by atoms with Gasteiger partial charge >= 0.3 is 5.97 Å². The molecule has 0 aliphatic carbocycles. The minimum Gasteiger partial charge on any atom is -0.480 e. The van der Waals surface area contributed by atoms with Crippen LogP contribution in [0, 0.1) is 12.8 Å². The number of pyridine rings is 1. The normalized spacial score (nSPS) is 13.1. The Morgan fingerprint density at radius 3 is 2.54 bits per heavy atom. The molecule has 1 amide bonds. The minimum absolute atomic E-state index is 0.147. The molecule has 0 saturated heterocycles. The smallest absolute Gasteiger partial charge is 0.326 e. The molecule has 2 rings (SSSR count). The number of amides is 1. The number of hydrogen-bond donors (Lipinski definition) is 2. The van der Waals surface area contributed by atoms with Crippen LogP contribution in [0.25, 0.3) is 11.3 Å². The first-order chi connectivity index (χ1) is 11.5. The summed E-state index contributed by atoms with van der Waals surface area (Å²) in [7, 11) is 0. The highest BCUT2D eigenvalue weighted by Crippen LogP contribution is 2.24. The summed E-state index contributed by atoms with van der Waals surface area (Å²) < 4.78 is 0. The van der Waals surface area contributed by atoms with E-state index in [1.54, 1.807) is 18.3 Å². The summed E-state index contributed by atoms with van der Waals surface area (Å²) in [6.45, 7) is 5.56. The summed E-state index contributed by atoms with van der Waals surface area (Å²) >= 11 is 0. The van der Waals surface area contributed by atoms with E-state index < -0.39 is 12.0 Å². The van der Waals surface area contributed by atoms with Crippen molar-refractivity contribution in [2.24, 2.45) is 5.92 Å². The molecule has 2 atom stereocenters. The van der Waals surface area contributed by atoms with Gasteiger partial charge in [-0.3, -0.25) is 9.78 Å². The maximum absolute atomic E-state index is 12.6. The fourth-order valence-corrected chi connectivity index (χ4v) is 2.58. The van der Waals surface area contributed by atoms with E-state index in [0.29, 0.717) is 12.0 Å². The fourth-order valence-electron chi connectivity index (χ4n) is 2.58. The van der Waals surface area contributed by atoms with Crippen LogP contribution in [0.5, 0.6) is 0 Å². The average Bonchev–Trinajstić information content (AvgIpc) is 2.59. The van der Waals surface area contributed by atoms with Crippen molar-refractivity contribution in [1.29, 1.82) is 0 Å². The van der Waals surface area contributed by atoms with Gasteiger partial charge in [-0.2, -0.15) is 0 Å². The van der Waals surface area contributed by atoms with Gasteiger partial charge in [0.15, 0.2) is 0 Å². The number of carboxylic acid groups (broad SMARTS) is 1. The largest absolute Gasteiger partial charge is 0.480 e. The summed E-state index contributed by atoms with van der Waals surface area (Å²) in [6, 6.07) is 10.1. The number of aliphatic carboxylic acids is 1. The molecule has 2 aromatic rings. The van der Waals surface area contributed by atoms with E-state index in [-0.39, 0.29) is 11.8 Å². The van der Waals surface area contributed by atoms with Crippen molar-refractivity contribution in [3.63, 3.8) is 0 Å². The molecule has 0 fully saturated rings. The number of carbonyl (C=O) groups excluding carboxylic acids is 1. The first kappa shape index (κ1) is 17.7. The molecule has 0 radical (unpaired) electrons. The second-order valence-electron chi connectivity index (χ2n) is 5.87. The molecule has 0 saturated carbocycles. The third-order valence-corrected chi connectivity index (χ3v) is 4.28. The van der Waals surface area contributed by atoms with Crippen LogP contribution in [-0.4, -0.2) is 28.0 Å². The van der Waals surface area contributed by atoms with Gasteiger partial charge in [0.1, 0.15) is 6.04 Å². The van der Waals surface area contributed by atoms with Crippen LogP contribution in [0.1, 0.15) is 36.2 Å². The first-order valence-corrected chi connectivity index (χ1v) is 8.00. The standard InChI is InChI=1S/C19H22N2O3/c1-4-12(2)17(19(23)24)21-18(22)15-9-7-8-14(13(15)3)16-10-5-6-11-20-16/h5-12,17H,4H2,1-3H3,(H,21,22)(H,23,24). The molecule has 5 nitrogen and oxygen atoms in total. The third kappa shape index (κ3) is 3.79. The Hall–Kier alpha value is -2.69. The molecule has 0 aliphatic rings. The number of benzene rings is 1. The van der Waals surface area contributed by atoms with Gasteiger partial charge in [0.05, 0.1) is 5.69 Å². The molecule has 5 heteroatoms. The molecule has 2 N–H and O–H groups in total. The number of carboxylic acids is 1. The average molecular weight is 326 g/mol. The lowest BCUT2D eigenvalue weighted by Gasteiger charge is -2.21. The van der Waals surface area contributed by atoms with E-state index in [0.717, 1.165) is 16.8 Å². The predicted octanol–water partition coefficient (Wildman–Crippen LogP) is 3.29. The van der Waals surface area contributed by atoms with Crippen LogP contribution in [0.3, 0.4) is 0 Å². The van der Waals surface area contributed by atoms with E-state index in [9.17, 15) is 14.7 Å². The van der Waals surface area contributed by atoms with Gasteiger partial charge in [-0.1, -0.05) is 38.5 Å². The summed E-state index contributed by atoms with van der Waals surface area (Å²) in [6.07, 6.45) is 2.37. The second kappa shape index (κ2) is 7.73. The maximum atomic E-state index is 12.6. The molecule has 1 aromatic carbocycles. The van der Waals surface area contributed by atoms with Gasteiger partial charge in [0.25, 0.3) is 5.91 Å². The summed E-state index contributed by atoms with van der Waals surface area (Å²) in [5, 5.41) is 12.0. The first-order valence-electron chi connectivity index (χ1n) is 8.00. The zero-order valence-electron chi connectivity index (χ0n) is 14.1. The monoisotopic (exact) mass is 326 g/mol. The van der Waals surface area contributed by atoms with Gasteiger partial charge in [-0.15, -0.1) is 0 Å². The van der Waals surface area contributed by atoms with Crippen LogP contribution in [0.4, 0.5) is 0 Å². The maximum Gasteiger partial charge on any atom is 0.326 e. The molecule has 0 spiro atoms. The number of carbonyl (C=O) groups is 2. The zero-order valence-corrected chi connectivity index (χ0v) is 14.1. The zero-order chi connectivity index (χ0) is 17.7. The molecule has 24 heavy (non-hydrogen) atoms. The number of hydrogen-bond acceptors (Lipinski definition) is 3. The van der Waals surface area contributed by atoms with Crippen LogP contribution >= 0.6 is 0 Å². The van der Waals surface area contributed by atoms with E-state index in [2.05, 4.69) is 10.3 Å². The van der Waals surface area contributed by atoms with Crippen molar-refractivity contribution in [3.8, 4) is 11.3 Å². The van der Waals surface area contributed by atoms with Crippen molar-refractivity contribution in [3.05, 3.63) is 53.7 Å². The van der Waals surface area contributed by atoms with Crippen molar-refractivity contribution >= 4 is 11.9 Å². The van der Waals surface area contributed by atoms with Gasteiger partial charge < -0.3 is 10.4 Å². The van der Waals surface area contributed by atoms with E-state index in [1.165, 1.54) is 0 Å². The summed E-state index contributed by atoms with van der Waals surface area (Å²) in [5.74, 6) is -1.54. The number of aromatic nitrogens is 1. The molecule has 126 valence electrons. The van der Waals surface area contributed by atoms with Gasteiger partial charge in [-0.05, 0) is 36.6 Å². The highest BCUT2D eigenvalue weighted by molar-refractivity contribution is 5.99. The highest BCUT2D eigenvalue weighted by atomic mass is 16.4. The SMILES string of the molecule is CCC(C)C(NC(=O)c1cccc(-c2ccccn2)c1C)C(=O)O. The van der Waals surface area contributed by atoms with E-state index in [1.807, 2.05) is 45.0 Å². The topological polar surface area (TPSA) is 79.3 Å². The Morgan fingerprint density at radius 1 is 1.21 bits per heavy atom. The Kier molecular flexibility index (Phi) is 5.68. The van der Waals surface area contributed by atoms with Crippen molar-refractivity contribution in [2.45, 2.75) is 33.2 Å². The number of nitrogens with one attached hydrogen (secondary N) is 1.